The Labute approximate surface area is 179 Å². The van der Waals surface area contributed by atoms with Gasteiger partial charge < -0.3 is 20.3 Å². The second-order valence-electron chi connectivity index (χ2n) is 8.46. The second kappa shape index (κ2) is 7.16. The molecule has 4 heterocycles. The van der Waals surface area contributed by atoms with E-state index < -0.39 is 0 Å². The van der Waals surface area contributed by atoms with Crippen molar-refractivity contribution < 1.29 is 9.13 Å². The van der Waals surface area contributed by atoms with Crippen LogP contribution in [0.1, 0.15) is 17.7 Å². The van der Waals surface area contributed by atoms with Gasteiger partial charge in [-0.15, -0.1) is 0 Å². The number of anilines is 2. The Morgan fingerprint density at radius 2 is 2.19 bits per heavy atom. The predicted octanol–water partition coefficient (Wildman–Crippen LogP) is 3.21. The number of hydrogen-bond acceptors (Lipinski definition) is 7. The van der Waals surface area contributed by atoms with Gasteiger partial charge in [-0.2, -0.15) is 9.97 Å². The smallest absolute Gasteiger partial charge is 0.324 e. The zero-order chi connectivity index (χ0) is 20.9. The second-order valence-corrected chi connectivity index (χ2v) is 8.46. The summed E-state index contributed by atoms with van der Waals surface area (Å²) in [6.45, 7) is 2.82. The highest BCUT2D eigenvalue weighted by atomic mass is 19.1. The molecule has 2 N–H and O–H groups in total. The molecule has 2 atom stereocenters. The molecule has 2 saturated heterocycles. The van der Waals surface area contributed by atoms with Gasteiger partial charge in [-0.1, -0.05) is 0 Å². The Balaban J connectivity index is 1.49. The van der Waals surface area contributed by atoms with Crippen LogP contribution < -0.4 is 20.3 Å². The molecule has 1 aromatic carbocycles. The van der Waals surface area contributed by atoms with Gasteiger partial charge in [0.1, 0.15) is 17.4 Å². The minimum atomic E-state index is -0.266. The Bertz CT molecular complexity index is 1140. The summed E-state index contributed by atoms with van der Waals surface area (Å²) >= 11 is 0. The predicted molar refractivity (Wildman–Crippen MR) is 116 cm³/mol. The van der Waals surface area contributed by atoms with Gasteiger partial charge in [-0.05, 0) is 47.7 Å². The van der Waals surface area contributed by atoms with Crippen molar-refractivity contribution in [3.8, 4) is 22.9 Å². The van der Waals surface area contributed by atoms with Gasteiger partial charge in [0.15, 0.2) is 0 Å². The average Bonchev–Trinajstić information content (AvgIpc) is 3.32. The first-order valence-electron chi connectivity index (χ1n) is 10.7. The molecular weight excluding hydrogens is 395 g/mol. The van der Waals surface area contributed by atoms with Crippen LogP contribution in [0.3, 0.4) is 0 Å². The van der Waals surface area contributed by atoms with E-state index in [2.05, 4.69) is 20.5 Å². The van der Waals surface area contributed by atoms with Crippen LogP contribution in [0.5, 0.6) is 11.8 Å². The minimum absolute atomic E-state index is 0.266. The van der Waals surface area contributed by atoms with E-state index >= 15 is 0 Å². The number of piperidine rings is 1. The van der Waals surface area contributed by atoms with E-state index in [4.69, 9.17) is 14.7 Å². The van der Waals surface area contributed by atoms with Gasteiger partial charge in [-0.25, -0.2) is 4.39 Å². The van der Waals surface area contributed by atoms with Crippen LogP contribution in [0.25, 0.3) is 11.1 Å². The van der Waals surface area contributed by atoms with E-state index in [1.54, 1.807) is 18.5 Å². The van der Waals surface area contributed by atoms with Gasteiger partial charge >= 0.3 is 6.01 Å². The summed E-state index contributed by atoms with van der Waals surface area (Å²) in [6, 6.07) is 7.54. The molecule has 7 nitrogen and oxygen atoms in total. The molecule has 1 aliphatic carbocycles. The average molecular weight is 418 g/mol. The van der Waals surface area contributed by atoms with Gasteiger partial charge in [0.05, 0.1) is 11.9 Å². The number of nitrogens with one attached hydrogen (secondary N) is 2. The van der Waals surface area contributed by atoms with Crippen LogP contribution in [0.4, 0.5) is 15.9 Å². The number of halogens is 1. The Kier molecular flexibility index (Phi) is 4.27. The van der Waals surface area contributed by atoms with Crippen LogP contribution in [-0.4, -0.2) is 47.7 Å². The number of benzene rings is 1. The van der Waals surface area contributed by atoms with E-state index in [0.717, 1.165) is 53.5 Å². The third-order valence-corrected chi connectivity index (χ3v) is 6.42. The summed E-state index contributed by atoms with van der Waals surface area (Å²) in [6.07, 6.45) is 5.14. The molecule has 31 heavy (non-hydrogen) atoms. The van der Waals surface area contributed by atoms with Crippen LogP contribution in [-0.2, 0) is 6.42 Å². The van der Waals surface area contributed by atoms with Crippen LogP contribution in [0.2, 0.25) is 0 Å². The Morgan fingerprint density at radius 1 is 1.26 bits per heavy atom. The van der Waals surface area contributed by atoms with E-state index in [-0.39, 0.29) is 5.82 Å². The van der Waals surface area contributed by atoms with Crippen molar-refractivity contribution in [1.29, 1.82) is 0 Å². The van der Waals surface area contributed by atoms with Crippen LogP contribution in [0, 0.1) is 11.7 Å². The molecule has 2 bridgehead atoms. The largest absolute Gasteiger partial charge is 0.423 e. The van der Waals surface area contributed by atoms with Gasteiger partial charge in [0.2, 0.25) is 0 Å². The van der Waals surface area contributed by atoms with Crippen molar-refractivity contribution >= 4 is 11.5 Å². The normalized spacial score (nSPS) is 21.0. The number of hydrogen-bond donors (Lipinski definition) is 2. The van der Waals surface area contributed by atoms with Crippen molar-refractivity contribution in [2.24, 2.45) is 5.92 Å². The topological polar surface area (TPSA) is 75.2 Å². The van der Waals surface area contributed by atoms with Gasteiger partial charge in [-0.3, -0.25) is 4.98 Å². The lowest BCUT2D eigenvalue weighted by Crippen LogP contribution is -2.41. The highest BCUT2D eigenvalue weighted by Gasteiger charge is 2.37. The molecule has 2 aromatic heterocycles. The van der Waals surface area contributed by atoms with E-state index in [1.807, 2.05) is 19.2 Å². The monoisotopic (exact) mass is 418 g/mol. The third kappa shape index (κ3) is 3.18. The number of pyridine rings is 1. The van der Waals surface area contributed by atoms with Crippen molar-refractivity contribution in [2.75, 3.05) is 36.9 Å². The Morgan fingerprint density at radius 3 is 3.00 bits per heavy atom. The molecule has 0 spiro atoms. The van der Waals surface area contributed by atoms with Crippen LogP contribution in [0.15, 0.2) is 36.7 Å². The lowest BCUT2D eigenvalue weighted by molar-refractivity contribution is 0.433. The zero-order valence-corrected chi connectivity index (χ0v) is 17.2. The van der Waals surface area contributed by atoms with E-state index in [0.29, 0.717) is 30.1 Å². The molecule has 0 saturated carbocycles. The molecular formula is C23H23FN6O. The first-order valence-corrected chi connectivity index (χ1v) is 10.7. The van der Waals surface area contributed by atoms with Crippen LogP contribution >= 0.6 is 0 Å². The molecule has 6 rings (SSSR count). The fourth-order valence-corrected chi connectivity index (χ4v) is 5.11. The molecule has 2 unspecified atom stereocenters. The first-order chi connectivity index (χ1) is 15.2. The van der Waals surface area contributed by atoms with Crippen molar-refractivity contribution in [3.63, 3.8) is 0 Å². The van der Waals surface area contributed by atoms with Gasteiger partial charge in [0, 0.05) is 56.6 Å². The van der Waals surface area contributed by atoms with Crippen molar-refractivity contribution in [1.82, 2.24) is 20.3 Å². The highest BCUT2D eigenvalue weighted by molar-refractivity contribution is 5.88. The lowest BCUT2D eigenvalue weighted by Gasteiger charge is -2.33. The Hall–Kier alpha value is -3.26. The molecule has 8 heteroatoms. The number of rotatable bonds is 4. The molecule has 158 valence electrons. The van der Waals surface area contributed by atoms with Crippen molar-refractivity contribution in [3.05, 3.63) is 53.7 Å². The maximum Gasteiger partial charge on any atom is 0.324 e. The highest BCUT2D eigenvalue weighted by Crippen LogP contribution is 2.46. The maximum atomic E-state index is 14.4. The molecule has 0 radical (unpaired) electrons. The standard InChI is InChI=1S/C23H23FN6O/c1-25-19-7-14(24)6-18-17(19)8-20-21(18)22(30-11-13-5-15(12-30)27-9-13)29-23(28-20)31-16-3-2-4-26-10-16/h2-4,6-7,10,13,15,25,27H,5,8-9,11-12H2,1H3. The molecule has 0 amide bonds. The van der Waals surface area contributed by atoms with Gasteiger partial charge in [0.25, 0.3) is 0 Å². The number of fused-ring (bicyclic) bond motifs is 5. The van der Waals surface area contributed by atoms with E-state index in [1.165, 1.54) is 12.5 Å². The zero-order valence-electron chi connectivity index (χ0n) is 17.2. The SMILES string of the molecule is CNc1cc(F)cc2c1Cc1nc(Oc3cccnc3)nc(N3CC4CNC(C4)C3)c1-2. The lowest BCUT2D eigenvalue weighted by atomic mass is 9.98. The molecule has 2 aliphatic heterocycles. The van der Waals surface area contributed by atoms with Crippen molar-refractivity contribution in [2.45, 2.75) is 18.9 Å². The molecule has 2 fully saturated rings. The summed E-state index contributed by atoms with van der Waals surface area (Å²) < 4.78 is 20.4. The number of ether oxygens (including phenoxy) is 1. The van der Waals surface area contributed by atoms with E-state index in [9.17, 15) is 4.39 Å². The first kappa shape index (κ1) is 18.5. The fourth-order valence-electron chi connectivity index (χ4n) is 5.11. The number of nitrogens with zero attached hydrogens (tertiary/aromatic N) is 4. The summed E-state index contributed by atoms with van der Waals surface area (Å²) in [5, 5.41) is 6.72. The molecule has 3 aliphatic rings. The third-order valence-electron chi connectivity index (χ3n) is 6.42. The summed E-state index contributed by atoms with van der Waals surface area (Å²) in [5.74, 6) is 1.74. The summed E-state index contributed by atoms with van der Waals surface area (Å²) in [5.41, 5.74) is 4.49. The number of aromatic nitrogens is 3. The summed E-state index contributed by atoms with van der Waals surface area (Å²) in [4.78, 5) is 16.0. The molecule has 3 aromatic rings. The fraction of sp³-hybridized carbons (Fsp3) is 0.348. The minimum Gasteiger partial charge on any atom is -0.423 e. The maximum absolute atomic E-state index is 14.4. The quantitative estimate of drug-likeness (QED) is 0.527. The summed E-state index contributed by atoms with van der Waals surface area (Å²) in [7, 11) is 1.82.